The Morgan fingerprint density at radius 3 is 2.50 bits per heavy atom. The Morgan fingerprint density at radius 1 is 1.17 bits per heavy atom. The van der Waals surface area contributed by atoms with Gasteiger partial charge in [-0.25, -0.2) is 0 Å². The highest BCUT2D eigenvalue weighted by Gasteiger charge is 2.10. The summed E-state index contributed by atoms with van der Waals surface area (Å²) in [5.74, 6) is 0.585. The number of nitrogens with one attached hydrogen (secondary N) is 1. The van der Waals surface area contributed by atoms with Crippen LogP contribution in [-0.2, 0) is 0 Å². The highest BCUT2D eigenvalue weighted by atomic mass is 35.5. The van der Waals surface area contributed by atoms with Crippen LogP contribution >= 0.6 is 34.8 Å². The Hall–Kier alpha value is -0.150. The summed E-state index contributed by atoms with van der Waals surface area (Å²) in [7, 11) is 0. The number of rotatable bonds is 7. The van der Waals surface area contributed by atoms with Crippen molar-refractivity contribution in [1.29, 1.82) is 0 Å². The van der Waals surface area contributed by atoms with Crippen LogP contribution in [0, 0.1) is 0 Å². The molecule has 1 N–H and O–H groups in total. The average molecular weight is 311 g/mol. The van der Waals surface area contributed by atoms with E-state index in [1.54, 1.807) is 12.1 Å². The lowest BCUT2D eigenvalue weighted by Crippen LogP contribution is -2.18. The second kappa shape index (κ2) is 8.11. The molecule has 0 spiro atoms. The topological polar surface area (TPSA) is 21.3 Å². The molecule has 0 aliphatic carbocycles. The molecule has 0 aliphatic heterocycles. The quantitative estimate of drug-likeness (QED) is 0.577. The van der Waals surface area contributed by atoms with Gasteiger partial charge in [-0.1, -0.05) is 41.7 Å². The molecule has 0 saturated carbocycles. The maximum absolute atomic E-state index is 6.05. The lowest BCUT2D eigenvalue weighted by atomic mass is 10.2. The molecule has 0 aliphatic rings. The molecular weight excluding hydrogens is 293 g/mol. The van der Waals surface area contributed by atoms with Gasteiger partial charge in [-0.2, -0.15) is 0 Å². The summed E-state index contributed by atoms with van der Waals surface area (Å²) in [6.45, 7) is 6.10. The van der Waals surface area contributed by atoms with E-state index in [0.717, 1.165) is 25.9 Å². The molecule has 0 bridgehead atoms. The van der Waals surface area contributed by atoms with Crippen molar-refractivity contribution in [1.82, 2.24) is 5.32 Å². The molecule has 0 aromatic heterocycles. The molecule has 0 radical (unpaired) electrons. The van der Waals surface area contributed by atoms with Crippen molar-refractivity contribution >= 4 is 34.8 Å². The van der Waals surface area contributed by atoms with E-state index in [-0.39, 0.29) is 6.10 Å². The normalized spacial score (nSPS) is 12.5. The number of hydrogen-bond donors (Lipinski definition) is 1. The van der Waals surface area contributed by atoms with E-state index in [1.165, 1.54) is 0 Å². The summed E-state index contributed by atoms with van der Waals surface area (Å²) in [6.07, 6.45) is 2.12. The van der Waals surface area contributed by atoms with Gasteiger partial charge in [-0.05, 0) is 38.9 Å². The summed E-state index contributed by atoms with van der Waals surface area (Å²) in [5.41, 5.74) is 0. The summed E-state index contributed by atoms with van der Waals surface area (Å²) >= 11 is 17.8. The number of halogens is 3. The van der Waals surface area contributed by atoms with E-state index in [0.29, 0.717) is 20.8 Å². The van der Waals surface area contributed by atoms with Gasteiger partial charge in [0.05, 0.1) is 21.2 Å². The molecule has 0 fully saturated rings. The second-order valence-corrected chi connectivity index (χ2v) is 5.34. The third-order valence-corrected chi connectivity index (χ3v) is 3.53. The average Bonchev–Trinajstić information content (AvgIpc) is 2.32. The fourth-order valence-electron chi connectivity index (χ4n) is 1.56. The van der Waals surface area contributed by atoms with Gasteiger partial charge in [0, 0.05) is 6.07 Å². The van der Waals surface area contributed by atoms with Gasteiger partial charge in [0.2, 0.25) is 0 Å². The molecule has 1 rings (SSSR count). The first-order chi connectivity index (χ1) is 8.54. The van der Waals surface area contributed by atoms with E-state index < -0.39 is 0 Å². The number of ether oxygens (including phenoxy) is 1. The van der Waals surface area contributed by atoms with Gasteiger partial charge in [0.1, 0.15) is 5.75 Å². The van der Waals surface area contributed by atoms with Gasteiger partial charge in [-0.15, -0.1) is 0 Å². The molecule has 102 valence electrons. The minimum Gasteiger partial charge on any atom is -0.489 e. The molecule has 2 nitrogen and oxygen atoms in total. The minimum absolute atomic E-state index is 0.0957. The van der Waals surface area contributed by atoms with Gasteiger partial charge in [0.15, 0.2) is 0 Å². The smallest absolute Gasteiger partial charge is 0.139 e. The van der Waals surface area contributed by atoms with Crippen molar-refractivity contribution in [3.8, 4) is 5.75 Å². The Balaban J connectivity index is 2.48. The van der Waals surface area contributed by atoms with Crippen molar-refractivity contribution in [3.63, 3.8) is 0 Å². The molecule has 5 heteroatoms. The second-order valence-electron chi connectivity index (χ2n) is 4.12. The van der Waals surface area contributed by atoms with Crippen LogP contribution in [0.25, 0.3) is 0 Å². The van der Waals surface area contributed by atoms with E-state index in [1.807, 2.05) is 6.92 Å². The van der Waals surface area contributed by atoms with Gasteiger partial charge >= 0.3 is 0 Å². The zero-order chi connectivity index (χ0) is 13.5. The van der Waals surface area contributed by atoms with Crippen LogP contribution in [0.1, 0.15) is 26.7 Å². The van der Waals surface area contributed by atoms with E-state index in [4.69, 9.17) is 39.5 Å². The Labute approximate surface area is 124 Å². The molecule has 1 aromatic carbocycles. The summed E-state index contributed by atoms with van der Waals surface area (Å²) in [5, 5.41) is 4.66. The fourth-order valence-corrected chi connectivity index (χ4v) is 2.14. The molecule has 0 heterocycles. The van der Waals surface area contributed by atoms with Crippen LogP contribution in [0.3, 0.4) is 0 Å². The summed E-state index contributed by atoms with van der Waals surface area (Å²) < 4.78 is 5.76. The highest BCUT2D eigenvalue weighted by molar-refractivity contribution is 6.43. The van der Waals surface area contributed by atoms with Crippen LogP contribution in [0.2, 0.25) is 15.1 Å². The zero-order valence-electron chi connectivity index (χ0n) is 10.6. The molecule has 1 aromatic rings. The third-order valence-electron chi connectivity index (χ3n) is 2.52. The van der Waals surface area contributed by atoms with Crippen LogP contribution in [0.5, 0.6) is 5.75 Å². The lowest BCUT2D eigenvalue weighted by molar-refractivity contribution is 0.208. The SMILES string of the molecule is CCNCCCC(C)Oc1cc(Cl)c(Cl)cc1Cl. The molecule has 0 amide bonds. The highest BCUT2D eigenvalue weighted by Crippen LogP contribution is 2.34. The van der Waals surface area contributed by atoms with Crippen LogP contribution in [0.15, 0.2) is 12.1 Å². The number of hydrogen-bond acceptors (Lipinski definition) is 2. The maximum Gasteiger partial charge on any atom is 0.139 e. The van der Waals surface area contributed by atoms with E-state index >= 15 is 0 Å². The van der Waals surface area contributed by atoms with Crippen LogP contribution in [-0.4, -0.2) is 19.2 Å². The standard InChI is InChI=1S/C13H18Cl3NO/c1-3-17-6-4-5-9(2)18-13-8-11(15)10(14)7-12(13)16/h7-9,17H,3-6H2,1-2H3. The van der Waals surface area contributed by atoms with Crippen molar-refractivity contribution in [2.24, 2.45) is 0 Å². The first-order valence-corrected chi connectivity index (χ1v) is 7.20. The fraction of sp³-hybridized carbons (Fsp3) is 0.538. The molecule has 0 saturated heterocycles. The first kappa shape index (κ1) is 15.9. The largest absolute Gasteiger partial charge is 0.489 e. The molecule has 18 heavy (non-hydrogen) atoms. The minimum atomic E-state index is 0.0957. The third kappa shape index (κ3) is 5.23. The molecule has 1 atom stereocenters. The molecular formula is C13H18Cl3NO. The predicted octanol–water partition coefficient (Wildman–Crippen LogP) is 4.80. The predicted molar refractivity (Wildman–Crippen MR) is 79.3 cm³/mol. The van der Waals surface area contributed by atoms with Gasteiger partial charge in [0.25, 0.3) is 0 Å². The number of benzene rings is 1. The summed E-state index contributed by atoms with van der Waals surface area (Å²) in [6, 6.07) is 3.26. The van der Waals surface area contributed by atoms with Gasteiger partial charge < -0.3 is 10.1 Å². The van der Waals surface area contributed by atoms with Crippen LogP contribution in [0.4, 0.5) is 0 Å². The van der Waals surface area contributed by atoms with E-state index in [2.05, 4.69) is 12.2 Å². The lowest BCUT2D eigenvalue weighted by Gasteiger charge is -2.16. The first-order valence-electron chi connectivity index (χ1n) is 6.06. The van der Waals surface area contributed by atoms with E-state index in [9.17, 15) is 0 Å². The Kier molecular flexibility index (Phi) is 7.16. The van der Waals surface area contributed by atoms with Gasteiger partial charge in [-0.3, -0.25) is 0 Å². The Morgan fingerprint density at radius 2 is 1.83 bits per heavy atom. The Bertz CT molecular complexity index is 385. The molecule has 1 unspecified atom stereocenters. The van der Waals surface area contributed by atoms with Crippen molar-refractivity contribution in [2.45, 2.75) is 32.8 Å². The van der Waals surface area contributed by atoms with Crippen molar-refractivity contribution in [3.05, 3.63) is 27.2 Å². The monoisotopic (exact) mass is 309 g/mol. The van der Waals surface area contributed by atoms with Crippen molar-refractivity contribution < 1.29 is 4.74 Å². The maximum atomic E-state index is 6.05. The van der Waals surface area contributed by atoms with Crippen molar-refractivity contribution in [2.75, 3.05) is 13.1 Å². The summed E-state index contributed by atoms with van der Waals surface area (Å²) in [4.78, 5) is 0. The zero-order valence-corrected chi connectivity index (χ0v) is 12.9. The van der Waals surface area contributed by atoms with Crippen LogP contribution < -0.4 is 10.1 Å².